The van der Waals surface area contributed by atoms with Crippen molar-refractivity contribution in [2.75, 3.05) is 26.2 Å². The fraction of sp³-hybridized carbons (Fsp3) is 0.682. The van der Waals surface area contributed by atoms with Crippen molar-refractivity contribution >= 4 is 41.4 Å². The number of nitrogens with one attached hydrogen (secondary N) is 4. The number of unbranched alkanes of at least 4 members (excludes halogenated alkanes) is 1. The largest absolute Gasteiger partial charge is 0.480 e. The zero-order chi connectivity index (χ0) is 29.7. The highest BCUT2D eigenvalue weighted by Gasteiger charge is 2.39. The van der Waals surface area contributed by atoms with Gasteiger partial charge in [0.15, 0.2) is 0 Å². The van der Waals surface area contributed by atoms with E-state index < -0.39 is 91.2 Å². The van der Waals surface area contributed by atoms with Crippen LogP contribution in [0.3, 0.4) is 0 Å². The van der Waals surface area contributed by atoms with Crippen molar-refractivity contribution in [3.8, 4) is 0 Å². The van der Waals surface area contributed by atoms with Gasteiger partial charge in [-0.3, -0.25) is 33.6 Å². The summed E-state index contributed by atoms with van der Waals surface area (Å²) in [7, 11) is 0. The Bertz CT molecular complexity index is 929. The molecule has 1 aliphatic rings. The first kappa shape index (κ1) is 33.2. The van der Waals surface area contributed by atoms with Crippen molar-refractivity contribution < 1.29 is 43.8 Å². The molecule has 39 heavy (non-hydrogen) atoms. The third kappa shape index (κ3) is 11.6. The van der Waals surface area contributed by atoms with E-state index in [4.69, 9.17) is 22.3 Å². The third-order valence-electron chi connectivity index (χ3n) is 5.73. The summed E-state index contributed by atoms with van der Waals surface area (Å²) in [6.45, 7) is 0.318. The van der Waals surface area contributed by atoms with Crippen molar-refractivity contribution in [1.29, 1.82) is 0 Å². The summed E-state index contributed by atoms with van der Waals surface area (Å²) in [5.41, 5.74) is 16.2. The summed E-state index contributed by atoms with van der Waals surface area (Å²) < 4.78 is 0. The number of aliphatic carboxylic acids is 1. The first-order chi connectivity index (χ1) is 18.3. The topological polar surface area (TPSA) is 289 Å². The van der Waals surface area contributed by atoms with Gasteiger partial charge in [-0.1, -0.05) is 0 Å². The van der Waals surface area contributed by atoms with Gasteiger partial charge in [0.05, 0.1) is 25.1 Å². The van der Waals surface area contributed by atoms with Crippen LogP contribution in [-0.2, 0) is 33.6 Å². The normalized spacial score (nSPS) is 18.8. The number of likely N-dealkylation sites (tertiary alicyclic amines) is 1. The van der Waals surface area contributed by atoms with E-state index in [-0.39, 0.29) is 19.4 Å². The van der Waals surface area contributed by atoms with Crippen molar-refractivity contribution in [2.24, 2.45) is 17.2 Å². The molecule has 0 radical (unpaired) electrons. The van der Waals surface area contributed by atoms with Crippen LogP contribution in [0.2, 0.25) is 0 Å². The SMILES string of the molecule is C[C@H](N)C(=O)N1CC(O)C[C@H]1C(=O)NCC(=O)N[C@@H](CC(N)=O)C(=O)N[C@@H](CCCCN)C(=O)NCC(=O)O. The molecule has 1 saturated heterocycles. The Balaban J connectivity index is 2.83. The van der Waals surface area contributed by atoms with E-state index in [0.717, 1.165) is 4.90 Å². The van der Waals surface area contributed by atoms with Gasteiger partial charge in [0.1, 0.15) is 24.7 Å². The number of aliphatic hydroxyl groups excluding tert-OH is 1. The van der Waals surface area contributed by atoms with Crippen LogP contribution in [0, 0.1) is 0 Å². The van der Waals surface area contributed by atoms with Crippen LogP contribution in [0.1, 0.15) is 39.0 Å². The maximum absolute atomic E-state index is 12.8. The highest BCUT2D eigenvalue weighted by molar-refractivity contribution is 5.96. The Hall–Kier alpha value is -3.83. The van der Waals surface area contributed by atoms with Gasteiger partial charge in [-0.05, 0) is 32.7 Å². The van der Waals surface area contributed by atoms with Crippen LogP contribution in [0.4, 0.5) is 0 Å². The minimum Gasteiger partial charge on any atom is -0.480 e. The molecule has 12 N–H and O–H groups in total. The number of β-amino-alcohol motifs (C(OH)–C–C–N with tert-alkyl or cyclic N) is 1. The van der Waals surface area contributed by atoms with Crippen LogP contribution in [0.5, 0.6) is 0 Å². The summed E-state index contributed by atoms with van der Waals surface area (Å²) in [5, 5.41) is 27.8. The number of amides is 6. The molecule has 17 nitrogen and oxygen atoms in total. The molecule has 1 fully saturated rings. The van der Waals surface area contributed by atoms with Crippen LogP contribution in [0.25, 0.3) is 0 Å². The molecule has 1 aliphatic heterocycles. The van der Waals surface area contributed by atoms with Crippen molar-refractivity contribution in [3.63, 3.8) is 0 Å². The average Bonchev–Trinajstić information content (AvgIpc) is 3.25. The summed E-state index contributed by atoms with van der Waals surface area (Å²) in [6, 6.07) is -4.67. The summed E-state index contributed by atoms with van der Waals surface area (Å²) in [5.74, 6) is -6.14. The van der Waals surface area contributed by atoms with Crippen LogP contribution in [-0.4, -0.2) is 113 Å². The molecule has 0 aromatic rings. The number of nitrogens with two attached hydrogens (primary N) is 3. The van der Waals surface area contributed by atoms with E-state index in [2.05, 4.69) is 21.3 Å². The first-order valence-electron chi connectivity index (χ1n) is 12.4. The van der Waals surface area contributed by atoms with Crippen LogP contribution < -0.4 is 38.5 Å². The maximum atomic E-state index is 12.8. The van der Waals surface area contributed by atoms with Gasteiger partial charge < -0.3 is 53.6 Å². The first-order valence-corrected chi connectivity index (χ1v) is 12.4. The highest BCUT2D eigenvalue weighted by atomic mass is 16.4. The fourth-order valence-electron chi connectivity index (χ4n) is 3.83. The van der Waals surface area contributed by atoms with Gasteiger partial charge in [0.2, 0.25) is 35.4 Å². The second kappa shape index (κ2) is 16.2. The van der Waals surface area contributed by atoms with E-state index in [1.54, 1.807) is 0 Å². The lowest BCUT2D eigenvalue weighted by Gasteiger charge is -2.25. The average molecular weight is 559 g/mol. The lowest BCUT2D eigenvalue weighted by atomic mass is 10.1. The molecule has 0 spiro atoms. The molecule has 6 amide bonds. The Morgan fingerprint density at radius 2 is 1.64 bits per heavy atom. The monoisotopic (exact) mass is 558 g/mol. The Morgan fingerprint density at radius 3 is 2.21 bits per heavy atom. The van der Waals surface area contributed by atoms with E-state index >= 15 is 0 Å². The van der Waals surface area contributed by atoms with E-state index in [1.807, 2.05) is 0 Å². The van der Waals surface area contributed by atoms with Gasteiger partial charge in [-0.25, -0.2) is 0 Å². The fourth-order valence-corrected chi connectivity index (χ4v) is 3.83. The van der Waals surface area contributed by atoms with Gasteiger partial charge in [0.25, 0.3) is 0 Å². The number of carboxylic acids is 1. The summed E-state index contributed by atoms with van der Waals surface area (Å²) >= 11 is 0. The molecule has 1 unspecified atom stereocenters. The molecular weight excluding hydrogens is 520 g/mol. The minimum atomic E-state index is -1.51. The number of nitrogens with zero attached hydrogens (tertiary/aromatic N) is 1. The number of primary amides is 1. The number of rotatable bonds is 16. The maximum Gasteiger partial charge on any atom is 0.322 e. The molecule has 220 valence electrons. The number of carbonyl (C=O) groups is 7. The van der Waals surface area contributed by atoms with Gasteiger partial charge in [0, 0.05) is 13.0 Å². The Morgan fingerprint density at radius 1 is 0.974 bits per heavy atom. The van der Waals surface area contributed by atoms with Crippen molar-refractivity contribution in [1.82, 2.24) is 26.2 Å². The number of aliphatic hydroxyl groups is 1. The van der Waals surface area contributed by atoms with Gasteiger partial charge >= 0.3 is 5.97 Å². The van der Waals surface area contributed by atoms with E-state index in [9.17, 15) is 38.7 Å². The van der Waals surface area contributed by atoms with Crippen molar-refractivity contribution in [3.05, 3.63) is 0 Å². The predicted octanol–water partition coefficient (Wildman–Crippen LogP) is -5.41. The quantitative estimate of drug-likeness (QED) is 0.0805. The lowest BCUT2D eigenvalue weighted by Crippen LogP contribution is -2.56. The predicted molar refractivity (Wildman–Crippen MR) is 134 cm³/mol. The van der Waals surface area contributed by atoms with Gasteiger partial charge in [-0.2, -0.15) is 0 Å². The van der Waals surface area contributed by atoms with Crippen LogP contribution in [0.15, 0.2) is 0 Å². The van der Waals surface area contributed by atoms with Crippen molar-refractivity contribution in [2.45, 2.75) is 69.3 Å². The Labute approximate surface area is 224 Å². The lowest BCUT2D eigenvalue weighted by molar-refractivity contribution is -0.139. The van der Waals surface area contributed by atoms with Crippen LogP contribution >= 0.6 is 0 Å². The molecule has 0 aromatic carbocycles. The molecule has 0 aromatic heterocycles. The molecule has 0 saturated carbocycles. The van der Waals surface area contributed by atoms with E-state index in [0.29, 0.717) is 19.4 Å². The smallest absolute Gasteiger partial charge is 0.322 e. The zero-order valence-electron chi connectivity index (χ0n) is 21.7. The number of carboxylic acid groups (broad SMARTS) is 1. The highest BCUT2D eigenvalue weighted by Crippen LogP contribution is 2.19. The minimum absolute atomic E-state index is 0.0614. The standard InChI is InChI=1S/C22H38N8O9/c1-11(24)22(39)30-10-12(31)6-15(30)21(38)26-8-17(33)28-14(7-16(25)32)20(37)29-13(4-2-3-5-23)19(36)27-9-18(34)35/h11-15,31H,2-10,23-24H2,1H3,(H2,25,32)(H,26,38)(H,27,36)(H,28,33)(H,29,37)(H,34,35)/t11-,12?,13-,14-,15-/m0/s1. The third-order valence-corrected chi connectivity index (χ3v) is 5.73. The Kier molecular flexibility index (Phi) is 13.8. The molecular formula is C22H38N8O9. The second-order valence-corrected chi connectivity index (χ2v) is 9.15. The second-order valence-electron chi connectivity index (χ2n) is 9.15. The molecule has 1 heterocycles. The molecule has 0 aliphatic carbocycles. The zero-order valence-corrected chi connectivity index (χ0v) is 21.7. The molecule has 5 atom stereocenters. The number of carbonyl (C=O) groups excluding carboxylic acids is 6. The number of hydrogen-bond donors (Lipinski definition) is 9. The molecule has 17 heteroatoms. The summed E-state index contributed by atoms with van der Waals surface area (Å²) in [4.78, 5) is 86.0. The summed E-state index contributed by atoms with van der Waals surface area (Å²) in [6.07, 6.45) is -0.612. The molecule has 1 rings (SSSR count). The van der Waals surface area contributed by atoms with Gasteiger partial charge in [-0.15, -0.1) is 0 Å². The van der Waals surface area contributed by atoms with E-state index in [1.165, 1.54) is 6.92 Å². The number of hydrogen-bond acceptors (Lipinski definition) is 10. The molecule has 0 bridgehead atoms.